The first-order valence-corrected chi connectivity index (χ1v) is 8.83. The molecule has 27 heavy (non-hydrogen) atoms. The van der Waals surface area contributed by atoms with E-state index in [1.165, 1.54) is 6.20 Å². The van der Waals surface area contributed by atoms with Crippen molar-refractivity contribution in [3.05, 3.63) is 23.5 Å². The molecule has 140 valence electrons. The third-order valence-corrected chi connectivity index (χ3v) is 5.26. The van der Waals surface area contributed by atoms with Gasteiger partial charge in [-0.05, 0) is 38.8 Å². The van der Waals surface area contributed by atoms with Gasteiger partial charge >= 0.3 is 12.1 Å². The van der Waals surface area contributed by atoms with Crippen LogP contribution in [-0.4, -0.2) is 63.6 Å². The van der Waals surface area contributed by atoms with Gasteiger partial charge < -0.3 is 14.5 Å². The third kappa shape index (κ3) is 2.44. The molecule has 2 bridgehead atoms. The normalized spacial score (nSPS) is 26.0. The Balaban J connectivity index is 1.62. The number of nitriles is 1. The molecule has 0 radical (unpaired) electrons. The van der Waals surface area contributed by atoms with Crippen LogP contribution in [0.3, 0.4) is 0 Å². The Morgan fingerprint density at radius 3 is 2.78 bits per heavy atom. The van der Waals surface area contributed by atoms with Gasteiger partial charge in [0.2, 0.25) is 0 Å². The highest BCUT2D eigenvalue weighted by Crippen LogP contribution is 2.42. The minimum atomic E-state index is -0.702. The Kier molecular flexibility index (Phi) is 3.80. The highest BCUT2D eigenvalue weighted by molar-refractivity contribution is 6.22. The van der Waals surface area contributed by atoms with E-state index in [1.807, 2.05) is 6.07 Å². The van der Waals surface area contributed by atoms with E-state index in [1.54, 1.807) is 36.6 Å². The Hall–Kier alpha value is -3.15. The SMILES string of the molecule is Cc1cc(N2C(=O)C3C4CC(CN4C(=O)OC(C)C)N3C2=O)cnc1C#N. The van der Waals surface area contributed by atoms with Crippen molar-refractivity contribution in [3.63, 3.8) is 0 Å². The maximum Gasteiger partial charge on any atom is 0.410 e. The van der Waals surface area contributed by atoms with Gasteiger partial charge in [-0.15, -0.1) is 0 Å². The maximum atomic E-state index is 13.0. The number of anilines is 1. The van der Waals surface area contributed by atoms with Crippen LogP contribution in [0.15, 0.2) is 12.3 Å². The topological polar surface area (TPSA) is 107 Å². The average Bonchev–Trinajstić information content (AvgIpc) is 3.26. The van der Waals surface area contributed by atoms with E-state index in [9.17, 15) is 14.4 Å². The average molecular weight is 369 g/mol. The second-order valence-electron chi connectivity index (χ2n) is 7.32. The number of aromatic nitrogens is 1. The molecule has 3 atom stereocenters. The Labute approximate surface area is 156 Å². The van der Waals surface area contributed by atoms with E-state index >= 15 is 0 Å². The second-order valence-corrected chi connectivity index (χ2v) is 7.32. The van der Waals surface area contributed by atoms with Crippen molar-refractivity contribution >= 4 is 23.7 Å². The first-order valence-electron chi connectivity index (χ1n) is 8.83. The fraction of sp³-hybridized carbons (Fsp3) is 0.500. The van der Waals surface area contributed by atoms with Crippen LogP contribution in [0.25, 0.3) is 0 Å². The van der Waals surface area contributed by atoms with Gasteiger partial charge in [-0.1, -0.05) is 0 Å². The van der Waals surface area contributed by atoms with E-state index in [2.05, 4.69) is 4.98 Å². The largest absolute Gasteiger partial charge is 0.447 e. The number of ether oxygens (including phenoxy) is 1. The van der Waals surface area contributed by atoms with Gasteiger partial charge in [-0.3, -0.25) is 4.79 Å². The first kappa shape index (κ1) is 17.3. The minimum Gasteiger partial charge on any atom is -0.447 e. The molecule has 9 nitrogen and oxygen atoms in total. The number of carbonyl (C=O) groups excluding carboxylic acids is 3. The fourth-order valence-electron chi connectivity index (χ4n) is 4.17. The molecular formula is C18H19N5O4. The molecule has 3 aliphatic rings. The lowest BCUT2D eigenvalue weighted by Gasteiger charge is -2.34. The summed E-state index contributed by atoms with van der Waals surface area (Å²) in [5, 5.41) is 9.01. The number of fused-ring (bicyclic) bond motifs is 5. The van der Waals surface area contributed by atoms with E-state index in [-0.39, 0.29) is 29.8 Å². The lowest BCUT2D eigenvalue weighted by molar-refractivity contribution is -0.121. The number of piperazine rings is 1. The lowest BCUT2D eigenvalue weighted by atomic mass is 10.1. The molecule has 4 heterocycles. The predicted octanol–water partition coefficient (Wildman–Crippen LogP) is 1.40. The van der Waals surface area contributed by atoms with Crippen LogP contribution < -0.4 is 4.90 Å². The van der Waals surface area contributed by atoms with Crippen LogP contribution >= 0.6 is 0 Å². The lowest BCUT2D eigenvalue weighted by Crippen LogP contribution is -2.55. The summed E-state index contributed by atoms with van der Waals surface area (Å²) in [6.07, 6.45) is 1.23. The molecule has 4 rings (SSSR count). The number of likely N-dealkylation sites (tertiary alicyclic amines) is 1. The van der Waals surface area contributed by atoms with Gasteiger partial charge in [0, 0.05) is 6.54 Å². The molecule has 0 aromatic carbocycles. The zero-order chi connectivity index (χ0) is 19.5. The highest BCUT2D eigenvalue weighted by atomic mass is 16.6. The second kappa shape index (κ2) is 5.94. The number of carbonyl (C=O) groups is 3. The molecule has 9 heteroatoms. The van der Waals surface area contributed by atoms with Crippen LogP contribution in [0.4, 0.5) is 15.3 Å². The van der Waals surface area contributed by atoms with E-state index in [4.69, 9.17) is 10.00 Å². The Bertz CT molecular complexity index is 892. The molecule has 1 aromatic heterocycles. The summed E-state index contributed by atoms with van der Waals surface area (Å²) in [4.78, 5) is 46.5. The maximum absolute atomic E-state index is 13.0. The fourth-order valence-corrected chi connectivity index (χ4v) is 4.17. The molecule has 0 saturated carbocycles. The molecule has 1 aromatic rings. The quantitative estimate of drug-likeness (QED) is 0.730. The van der Waals surface area contributed by atoms with Crippen LogP contribution in [0, 0.1) is 18.3 Å². The predicted molar refractivity (Wildman–Crippen MR) is 92.7 cm³/mol. The van der Waals surface area contributed by atoms with Gasteiger partial charge in [0.25, 0.3) is 5.91 Å². The molecule has 3 saturated heterocycles. The summed E-state index contributed by atoms with van der Waals surface area (Å²) in [7, 11) is 0. The first-order chi connectivity index (χ1) is 12.8. The van der Waals surface area contributed by atoms with E-state index < -0.39 is 18.2 Å². The van der Waals surface area contributed by atoms with Crippen molar-refractivity contribution in [3.8, 4) is 6.07 Å². The van der Waals surface area contributed by atoms with Crippen molar-refractivity contribution in [2.45, 2.75) is 51.4 Å². The summed E-state index contributed by atoms with van der Waals surface area (Å²) in [6, 6.07) is 1.89. The van der Waals surface area contributed by atoms with Gasteiger partial charge in [0.05, 0.1) is 30.1 Å². The molecule has 0 N–H and O–H groups in total. The van der Waals surface area contributed by atoms with Crippen molar-refractivity contribution < 1.29 is 19.1 Å². The summed E-state index contributed by atoms with van der Waals surface area (Å²) in [6.45, 7) is 5.61. The van der Waals surface area contributed by atoms with Crippen LogP contribution in [-0.2, 0) is 9.53 Å². The summed E-state index contributed by atoms with van der Waals surface area (Å²) < 4.78 is 5.27. The van der Waals surface area contributed by atoms with Crippen molar-refractivity contribution in [2.24, 2.45) is 0 Å². The molecule has 3 unspecified atom stereocenters. The molecule has 0 spiro atoms. The van der Waals surface area contributed by atoms with Crippen LogP contribution in [0.1, 0.15) is 31.5 Å². The number of nitrogens with zero attached hydrogens (tertiary/aromatic N) is 5. The molecule has 4 amide bonds. The van der Waals surface area contributed by atoms with Crippen molar-refractivity contribution in [1.29, 1.82) is 5.26 Å². The van der Waals surface area contributed by atoms with Crippen molar-refractivity contribution in [2.75, 3.05) is 11.4 Å². The number of hydrogen-bond acceptors (Lipinski definition) is 6. The zero-order valence-electron chi connectivity index (χ0n) is 15.2. The molecule has 3 fully saturated rings. The number of urea groups is 1. The Morgan fingerprint density at radius 1 is 1.41 bits per heavy atom. The molecule has 0 aliphatic carbocycles. The van der Waals surface area contributed by atoms with E-state index in [0.717, 1.165) is 4.90 Å². The monoisotopic (exact) mass is 369 g/mol. The van der Waals surface area contributed by atoms with Gasteiger partial charge in [0.15, 0.2) is 0 Å². The van der Waals surface area contributed by atoms with Crippen molar-refractivity contribution in [1.82, 2.24) is 14.8 Å². The third-order valence-electron chi connectivity index (χ3n) is 5.26. The van der Waals surface area contributed by atoms with E-state index in [0.29, 0.717) is 24.2 Å². The number of imide groups is 1. The summed E-state index contributed by atoms with van der Waals surface area (Å²) >= 11 is 0. The highest BCUT2D eigenvalue weighted by Gasteiger charge is 2.63. The number of hydrogen-bond donors (Lipinski definition) is 0. The van der Waals surface area contributed by atoms with Gasteiger partial charge in [0.1, 0.15) is 17.8 Å². The number of pyridine rings is 1. The standard InChI is InChI=1S/C18H19N5O4/c1-9(2)27-18(26)21-8-12-5-14(21)15-16(24)23(17(25)22(12)15)11-4-10(3)13(6-19)20-7-11/h4,7,9,12,14-15H,5,8H2,1-3H3. The smallest absolute Gasteiger partial charge is 0.410 e. The number of rotatable bonds is 2. The molecular weight excluding hydrogens is 350 g/mol. The van der Waals surface area contributed by atoms with Gasteiger partial charge in [-0.25, -0.2) is 19.5 Å². The van der Waals surface area contributed by atoms with Crippen LogP contribution in [0.5, 0.6) is 0 Å². The summed E-state index contributed by atoms with van der Waals surface area (Å²) in [5.41, 5.74) is 1.18. The number of aryl methyl sites for hydroxylation is 1. The Morgan fingerprint density at radius 2 is 2.15 bits per heavy atom. The minimum absolute atomic E-state index is 0.200. The number of amides is 4. The molecule has 3 aliphatic heterocycles. The van der Waals surface area contributed by atoms with Crippen LogP contribution in [0.2, 0.25) is 0 Å². The zero-order valence-corrected chi connectivity index (χ0v) is 15.2. The summed E-state index contributed by atoms with van der Waals surface area (Å²) in [5.74, 6) is -0.375. The van der Waals surface area contributed by atoms with Gasteiger partial charge in [-0.2, -0.15) is 5.26 Å².